The molecule has 19 heavy (non-hydrogen) atoms. The van der Waals surface area contributed by atoms with Crippen LogP contribution in [0.2, 0.25) is 10.0 Å². The molecule has 0 saturated heterocycles. The molecule has 1 atom stereocenters. The number of carbonyl (C=O) groups is 1. The highest BCUT2D eigenvalue weighted by Crippen LogP contribution is 2.26. The number of ether oxygens (including phenoxy) is 1. The average molecular weight is 307 g/mol. The van der Waals surface area contributed by atoms with Crippen LogP contribution in [0.15, 0.2) is 18.2 Å². The number of amides is 1. The van der Waals surface area contributed by atoms with Gasteiger partial charge in [0.1, 0.15) is 18.5 Å². The van der Waals surface area contributed by atoms with E-state index in [1.807, 2.05) is 0 Å². The van der Waals surface area contributed by atoms with E-state index >= 15 is 0 Å². The molecule has 0 spiro atoms. The first-order valence-corrected chi connectivity index (χ1v) is 6.45. The fourth-order valence-electron chi connectivity index (χ4n) is 1.26. The minimum absolute atomic E-state index is 0.0959. The number of carbonyl (C=O) groups excluding carboxylic acids is 1. The Morgan fingerprint density at radius 1 is 1.42 bits per heavy atom. The van der Waals surface area contributed by atoms with Crippen molar-refractivity contribution < 1.29 is 14.6 Å². The third-order valence-electron chi connectivity index (χ3n) is 2.28. The maximum atomic E-state index is 10.9. The Kier molecular flexibility index (Phi) is 6.94. The summed E-state index contributed by atoms with van der Waals surface area (Å²) in [4.78, 5) is 10.9. The van der Waals surface area contributed by atoms with Crippen molar-refractivity contribution in [3.63, 3.8) is 0 Å². The molecule has 0 fully saturated rings. The molecule has 3 N–H and O–H groups in total. The number of aliphatic hydroxyl groups is 1. The number of rotatable bonds is 7. The van der Waals surface area contributed by atoms with E-state index in [4.69, 9.17) is 27.9 Å². The van der Waals surface area contributed by atoms with Crippen LogP contribution in [-0.4, -0.2) is 43.9 Å². The predicted octanol–water partition coefficient (Wildman–Crippen LogP) is 1.07. The van der Waals surface area contributed by atoms with Crippen molar-refractivity contribution in [1.82, 2.24) is 10.6 Å². The van der Waals surface area contributed by atoms with Gasteiger partial charge in [-0.3, -0.25) is 4.79 Å². The molecule has 0 saturated carbocycles. The van der Waals surface area contributed by atoms with Crippen molar-refractivity contribution >= 4 is 29.1 Å². The Morgan fingerprint density at radius 3 is 2.79 bits per heavy atom. The average Bonchev–Trinajstić information content (AvgIpc) is 2.40. The second-order valence-corrected chi connectivity index (χ2v) is 4.66. The zero-order valence-corrected chi connectivity index (χ0v) is 12.0. The summed E-state index contributed by atoms with van der Waals surface area (Å²) in [6, 6.07) is 4.86. The topological polar surface area (TPSA) is 70.6 Å². The van der Waals surface area contributed by atoms with Gasteiger partial charge in [-0.2, -0.15) is 0 Å². The number of benzene rings is 1. The Hall–Kier alpha value is -1.01. The summed E-state index contributed by atoms with van der Waals surface area (Å²) >= 11 is 11.6. The van der Waals surface area contributed by atoms with Crippen LogP contribution < -0.4 is 15.4 Å². The fourth-order valence-corrected chi connectivity index (χ4v) is 1.55. The van der Waals surface area contributed by atoms with Gasteiger partial charge in [0.2, 0.25) is 5.91 Å². The van der Waals surface area contributed by atoms with Gasteiger partial charge in [0.05, 0.1) is 16.6 Å². The molecule has 0 aliphatic carbocycles. The lowest BCUT2D eigenvalue weighted by Gasteiger charge is -2.13. The summed E-state index contributed by atoms with van der Waals surface area (Å²) in [5.41, 5.74) is 0. The molecule has 0 aliphatic rings. The van der Waals surface area contributed by atoms with Crippen LogP contribution in [0, 0.1) is 0 Å². The number of hydrogen-bond donors (Lipinski definition) is 3. The van der Waals surface area contributed by atoms with Crippen LogP contribution in [0.5, 0.6) is 5.75 Å². The van der Waals surface area contributed by atoms with Crippen LogP contribution in [-0.2, 0) is 4.79 Å². The van der Waals surface area contributed by atoms with Crippen molar-refractivity contribution in [3.05, 3.63) is 28.2 Å². The van der Waals surface area contributed by atoms with E-state index < -0.39 is 6.10 Å². The lowest BCUT2D eigenvalue weighted by molar-refractivity contribution is -0.119. The minimum Gasteiger partial charge on any atom is -0.491 e. The molecule has 0 aromatic heterocycles. The number of halogens is 2. The molecule has 0 bridgehead atoms. The molecule has 5 nitrogen and oxygen atoms in total. The van der Waals surface area contributed by atoms with Crippen molar-refractivity contribution in [1.29, 1.82) is 0 Å². The van der Waals surface area contributed by atoms with Gasteiger partial charge in [0.15, 0.2) is 0 Å². The maximum Gasteiger partial charge on any atom is 0.233 e. The van der Waals surface area contributed by atoms with Gasteiger partial charge < -0.3 is 20.5 Å². The Balaban J connectivity index is 2.27. The zero-order chi connectivity index (χ0) is 14.3. The van der Waals surface area contributed by atoms with Crippen molar-refractivity contribution in [3.8, 4) is 5.75 Å². The first kappa shape index (κ1) is 16.0. The molecule has 106 valence electrons. The molecule has 0 radical (unpaired) electrons. The quantitative estimate of drug-likeness (QED) is 0.705. The second kappa shape index (κ2) is 8.22. The van der Waals surface area contributed by atoms with E-state index in [2.05, 4.69) is 10.6 Å². The van der Waals surface area contributed by atoms with Gasteiger partial charge in [-0.15, -0.1) is 0 Å². The number of aliphatic hydroxyl groups excluding tert-OH is 1. The van der Waals surface area contributed by atoms with Crippen LogP contribution >= 0.6 is 23.2 Å². The molecule has 7 heteroatoms. The normalized spacial score (nSPS) is 12.0. The van der Waals surface area contributed by atoms with Crippen molar-refractivity contribution in [2.75, 3.05) is 26.7 Å². The monoisotopic (exact) mass is 306 g/mol. The molecule has 1 amide bonds. The predicted molar refractivity (Wildman–Crippen MR) is 74.9 cm³/mol. The van der Waals surface area contributed by atoms with Gasteiger partial charge in [-0.25, -0.2) is 0 Å². The van der Waals surface area contributed by atoms with Crippen molar-refractivity contribution in [2.45, 2.75) is 6.10 Å². The zero-order valence-electron chi connectivity index (χ0n) is 10.5. The van der Waals surface area contributed by atoms with Gasteiger partial charge >= 0.3 is 0 Å². The summed E-state index contributed by atoms with van der Waals surface area (Å²) in [5.74, 6) is 0.386. The van der Waals surface area contributed by atoms with Gasteiger partial charge in [-0.05, 0) is 12.1 Å². The molecule has 1 aromatic rings. The lowest BCUT2D eigenvalue weighted by atomic mass is 10.3. The maximum absolute atomic E-state index is 10.9. The largest absolute Gasteiger partial charge is 0.491 e. The molecule has 0 aliphatic heterocycles. The van der Waals surface area contributed by atoms with Crippen LogP contribution in [0.25, 0.3) is 0 Å². The fraction of sp³-hybridized carbons (Fsp3) is 0.417. The standard InChI is InChI=1S/C12H16Cl2N2O3/c1-15-12(18)6-16-5-8(17)7-19-9-2-3-10(13)11(14)4-9/h2-4,8,16-17H,5-7H2,1H3,(H,15,18). The molecule has 1 aromatic carbocycles. The Labute approximate surface area is 121 Å². The van der Waals surface area contributed by atoms with Gasteiger partial charge in [0.25, 0.3) is 0 Å². The first-order chi connectivity index (χ1) is 9.02. The second-order valence-electron chi connectivity index (χ2n) is 3.84. The van der Waals surface area contributed by atoms with Crippen molar-refractivity contribution in [2.24, 2.45) is 0 Å². The highest BCUT2D eigenvalue weighted by atomic mass is 35.5. The Morgan fingerprint density at radius 2 is 2.16 bits per heavy atom. The molecular weight excluding hydrogens is 291 g/mol. The highest BCUT2D eigenvalue weighted by Gasteiger charge is 2.07. The summed E-state index contributed by atoms with van der Waals surface area (Å²) in [6.45, 7) is 0.508. The van der Waals surface area contributed by atoms with E-state index in [0.717, 1.165) is 0 Å². The highest BCUT2D eigenvalue weighted by molar-refractivity contribution is 6.42. The Bertz CT molecular complexity index is 429. The van der Waals surface area contributed by atoms with E-state index in [-0.39, 0.29) is 25.6 Å². The summed E-state index contributed by atoms with van der Waals surface area (Å²) in [6.07, 6.45) is -0.723. The van der Waals surface area contributed by atoms with Crippen LogP contribution in [0.4, 0.5) is 0 Å². The third-order valence-corrected chi connectivity index (χ3v) is 3.02. The molecule has 0 heterocycles. The minimum atomic E-state index is -0.723. The SMILES string of the molecule is CNC(=O)CNCC(O)COc1ccc(Cl)c(Cl)c1. The summed E-state index contributed by atoms with van der Waals surface area (Å²) in [7, 11) is 1.55. The molecular formula is C12H16Cl2N2O3. The van der Waals surface area contributed by atoms with E-state index in [1.165, 1.54) is 0 Å². The first-order valence-electron chi connectivity index (χ1n) is 5.70. The lowest BCUT2D eigenvalue weighted by Crippen LogP contribution is -2.37. The van der Waals surface area contributed by atoms with Crippen LogP contribution in [0.1, 0.15) is 0 Å². The number of nitrogens with one attached hydrogen (secondary N) is 2. The summed E-state index contributed by atoms with van der Waals surface area (Å²) < 4.78 is 5.35. The number of hydrogen-bond acceptors (Lipinski definition) is 4. The van der Waals surface area contributed by atoms with E-state index in [1.54, 1.807) is 25.2 Å². The molecule has 1 rings (SSSR count). The van der Waals surface area contributed by atoms with E-state index in [9.17, 15) is 9.90 Å². The van der Waals surface area contributed by atoms with Gasteiger partial charge in [0, 0.05) is 19.7 Å². The van der Waals surface area contributed by atoms with Gasteiger partial charge in [-0.1, -0.05) is 23.2 Å². The smallest absolute Gasteiger partial charge is 0.233 e. The van der Waals surface area contributed by atoms with E-state index in [0.29, 0.717) is 15.8 Å². The summed E-state index contributed by atoms with van der Waals surface area (Å²) in [5, 5.41) is 15.8. The molecule has 1 unspecified atom stereocenters. The number of likely N-dealkylation sites (N-methyl/N-ethyl adjacent to an activating group) is 1. The third kappa shape index (κ3) is 6.11. The van der Waals surface area contributed by atoms with Crippen LogP contribution in [0.3, 0.4) is 0 Å².